The molecule has 1 aromatic carbocycles. The smallest absolute Gasteiger partial charge is 0.251 e. The van der Waals surface area contributed by atoms with E-state index >= 15 is 0 Å². The molecule has 2 heterocycles. The minimum absolute atomic E-state index is 0.0181. The van der Waals surface area contributed by atoms with Crippen molar-refractivity contribution in [1.29, 1.82) is 0 Å². The van der Waals surface area contributed by atoms with Crippen LogP contribution in [0.2, 0.25) is 5.02 Å². The Balaban J connectivity index is 1.61. The lowest BCUT2D eigenvalue weighted by Gasteiger charge is -2.16. The number of pyridine rings is 2. The minimum Gasteiger partial charge on any atom is -0.350 e. The fourth-order valence-corrected chi connectivity index (χ4v) is 3.97. The van der Waals surface area contributed by atoms with Gasteiger partial charge in [0, 0.05) is 41.3 Å². The van der Waals surface area contributed by atoms with Gasteiger partial charge in [-0.05, 0) is 48.1 Å². The molecule has 0 spiro atoms. The van der Waals surface area contributed by atoms with E-state index in [4.69, 9.17) is 11.6 Å². The molecule has 142 valence electrons. The van der Waals surface area contributed by atoms with E-state index in [1.165, 1.54) is 0 Å². The molecule has 1 N–H and O–H groups in total. The van der Waals surface area contributed by atoms with E-state index in [0.29, 0.717) is 11.6 Å². The van der Waals surface area contributed by atoms with Gasteiger partial charge < -0.3 is 9.88 Å². The Kier molecular flexibility index (Phi) is 5.26. The first-order valence-corrected chi connectivity index (χ1v) is 9.67. The maximum atomic E-state index is 12.8. The third-order valence-corrected chi connectivity index (χ3v) is 5.38. The summed E-state index contributed by atoms with van der Waals surface area (Å²) in [7, 11) is 0. The standard InChI is InChI=1S/C22H20ClN3O2/c23-19-8-2-1-6-16(19)18-11-22(28)26(20-9-3-7-17(18)20)14-21(27)25-13-15-5-4-10-24-12-15/h1-2,4-6,8,10-12H,3,7,9,13-14H2,(H,25,27). The van der Waals surface area contributed by atoms with Gasteiger partial charge in [0.15, 0.2) is 0 Å². The monoisotopic (exact) mass is 393 g/mol. The highest BCUT2D eigenvalue weighted by molar-refractivity contribution is 6.33. The first kappa shape index (κ1) is 18.4. The quantitative estimate of drug-likeness (QED) is 0.722. The molecule has 6 heteroatoms. The number of amides is 1. The van der Waals surface area contributed by atoms with Crippen LogP contribution < -0.4 is 10.9 Å². The lowest BCUT2D eigenvalue weighted by Crippen LogP contribution is -2.33. The van der Waals surface area contributed by atoms with Crippen LogP contribution in [0, 0.1) is 0 Å². The van der Waals surface area contributed by atoms with Gasteiger partial charge in [-0.15, -0.1) is 0 Å². The lowest BCUT2D eigenvalue weighted by atomic mass is 9.99. The Morgan fingerprint density at radius 3 is 2.79 bits per heavy atom. The summed E-state index contributed by atoms with van der Waals surface area (Å²) in [5, 5.41) is 3.49. The van der Waals surface area contributed by atoms with Gasteiger partial charge in [0.1, 0.15) is 6.54 Å². The summed E-state index contributed by atoms with van der Waals surface area (Å²) >= 11 is 6.36. The van der Waals surface area contributed by atoms with Crippen LogP contribution in [0.1, 0.15) is 23.2 Å². The van der Waals surface area contributed by atoms with Crippen molar-refractivity contribution < 1.29 is 4.79 Å². The van der Waals surface area contributed by atoms with Crippen molar-refractivity contribution in [3.05, 3.63) is 87.1 Å². The molecule has 5 nitrogen and oxygen atoms in total. The molecule has 0 bridgehead atoms. The molecule has 1 amide bonds. The zero-order chi connectivity index (χ0) is 19.5. The van der Waals surface area contributed by atoms with Gasteiger partial charge in [0.05, 0.1) is 0 Å². The molecule has 1 aliphatic rings. The lowest BCUT2D eigenvalue weighted by molar-refractivity contribution is -0.121. The van der Waals surface area contributed by atoms with Gasteiger partial charge in [-0.1, -0.05) is 35.9 Å². The summed E-state index contributed by atoms with van der Waals surface area (Å²) in [6.07, 6.45) is 6.04. The Hall–Kier alpha value is -2.92. The summed E-state index contributed by atoms with van der Waals surface area (Å²) < 4.78 is 1.60. The van der Waals surface area contributed by atoms with Crippen LogP contribution in [0.4, 0.5) is 0 Å². The number of rotatable bonds is 5. The van der Waals surface area contributed by atoms with Crippen LogP contribution >= 0.6 is 11.6 Å². The molecule has 0 saturated heterocycles. The third-order valence-electron chi connectivity index (χ3n) is 5.05. The van der Waals surface area contributed by atoms with Crippen LogP contribution in [0.3, 0.4) is 0 Å². The molecule has 0 saturated carbocycles. The topological polar surface area (TPSA) is 64.0 Å². The Morgan fingerprint density at radius 2 is 2.00 bits per heavy atom. The van der Waals surface area contributed by atoms with Crippen molar-refractivity contribution in [3.8, 4) is 11.1 Å². The summed E-state index contributed by atoms with van der Waals surface area (Å²) in [4.78, 5) is 29.3. The number of carbonyl (C=O) groups is 1. The van der Waals surface area contributed by atoms with Gasteiger partial charge in [0.2, 0.25) is 5.91 Å². The Bertz CT molecular complexity index is 1080. The van der Waals surface area contributed by atoms with Crippen LogP contribution in [0.25, 0.3) is 11.1 Å². The van der Waals surface area contributed by atoms with Crippen LogP contribution in [-0.4, -0.2) is 15.5 Å². The van der Waals surface area contributed by atoms with Gasteiger partial charge in [-0.25, -0.2) is 0 Å². The van der Waals surface area contributed by atoms with Crippen molar-refractivity contribution in [1.82, 2.24) is 14.9 Å². The summed E-state index contributed by atoms with van der Waals surface area (Å²) in [5.74, 6) is -0.189. The first-order valence-electron chi connectivity index (χ1n) is 9.29. The molecule has 2 aromatic heterocycles. The number of hydrogen-bond donors (Lipinski definition) is 1. The van der Waals surface area contributed by atoms with E-state index in [1.807, 2.05) is 36.4 Å². The largest absolute Gasteiger partial charge is 0.350 e. The van der Waals surface area contributed by atoms with Crippen molar-refractivity contribution in [2.75, 3.05) is 0 Å². The molecule has 3 aromatic rings. The van der Waals surface area contributed by atoms with Crippen LogP contribution in [-0.2, 0) is 30.7 Å². The maximum absolute atomic E-state index is 12.8. The highest BCUT2D eigenvalue weighted by atomic mass is 35.5. The highest BCUT2D eigenvalue weighted by Gasteiger charge is 2.23. The second kappa shape index (κ2) is 7.98. The molecular weight excluding hydrogens is 374 g/mol. The summed E-state index contributed by atoms with van der Waals surface area (Å²) in [6, 6.07) is 12.9. The molecule has 0 unspecified atom stereocenters. The first-order chi connectivity index (χ1) is 13.6. The maximum Gasteiger partial charge on any atom is 0.251 e. The number of nitrogens with zero attached hydrogens (tertiary/aromatic N) is 2. The molecular formula is C22H20ClN3O2. The van der Waals surface area contributed by atoms with E-state index < -0.39 is 0 Å². The average Bonchev–Trinajstić information content (AvgIpc) is 3.19. The number of carbonyl (C=O) groups excluding carboxylic acids is 1. The normalized spacial score (nSPS) is 12.6. The molecule has 0 fully saturated rings. The molecule has 1 aliphatic carbocycles. The van der Waals surface area contributed by atoms with E-state index in [2.05, 4.69) is 10.3 Å². The predicted molar refractivity (Wildman–Crippen MR) is 109 cm³/mol. The summed E-state index contributed by atoms with van der Waals surface area (Å²) in [6.45, 7) is 0.408. The SMILES string of the molecule is O=C(Cn1c2c(c(-c3ccccc3Cl)cc1=O)CCC2)NCc1cccnc1. The van der Waals surface area contributed by atoms with Crippen molar-refractivity contribution in [2.24, 2.45) is 0 Å². The molecule has 28 heavy (non-hydrogen) atoms. The second-order valence-corrected chi connectivity index (χ2v) is 7.29. The van der Waals surface area contributed by atoms with Gasteiger partial charge in [-0.3, -0.25) is 14.6 Å². The predicted octanol–water partition coefficient (Wildman–Crippen LogP) is 3.37. The number of aromatic nitrogens is 2. The molecule has 4 rings (SSSR count). The Morgan fingerprint density at radius 1 is 1.14 bits per heavy atom. The number of fused-ring (bicyclic) bond motifs is 1. The third kappa shape index (κ3) is 3.71. The van der Waals surface area contributed by atoms with Crippen molar-refractivity contribution in [3.63, 3.8) is 0 Å². The van der Waals surface area contributed by atoms with Crippen molar-refractivity contribution in [2.45, 2.75) is 32.4 Å². The Labute approximate surface area is 168 Å². The number of hydrogen-bond acceptors (Lipinski definition) is 3. The van der Waals surface area contributed by atoms with E-state index in [9.17, 15) is 9.59 Å². The van der Waals surface area contributed by atoms with Crippen LogP contribution in [0.15, 0.2) is 59.7 Å². The second-order valence-electron chi connectivity index (χ2n) is 6.88. The van der Waals surface area contributed by atoms with E-state index in [0.717, 1.165) is 47.2 Å². The zero-order valence-corrected chi connectivity index (χ0v) is 16.1. The zero-order valence-electron chi connectivity index (χ0n) is 15.3. The fraction of sp³-hybridized carbons (Fsp3) is 0.227. The van der Waals surface area contributed by atoms with Gasteiger partial charge in [-0.2, -0.15) is 0 Å². The molecule has 0 radical (unpaired) electrons. The average molecular weight is 394 g/mol. The number of halogens is 1. The van der Waals surface area contributed by atoms with Gasteiger partial charge in [0.25, 0.3) is 5.56 Å². The number of benzene rings is 1. The van der Waals surface area contributed by atoms with E-state index in [1.54, 1.807) is 23.0 Å². The van der Waals surface area contributed by atoms with Crippen molar-refractivity contribution >= 4 is 17.5 Å². The number of nitrogens with one attached hydrogen (secondary N) is 1. The van der Waals surface area contributed by atoms with Crippen LogP contribution in [0.5, 0.6) is 0 Å². The fourth-order valence-electron chi connectivity index (χ4n) is 3.73. The van der Waals surface area contributed by atoms with E-state index in [-0.39, 0.29) is 18.0 Å². The minimum atomic E-state index is -0.189. The summed E-state index contributed by atoms with van der Waals surface area (Å²) in [5.41, 5.74) is 4.56. The molecule has 0 atom stereocenters. The van der Waals surface area contributed by atoms with Gasteiger partial charge >= 0.3 is 0 Å². The molecule has 0 aliphatic heterocycles. The highest BCUT2D eigenvalue weighted by Crippen LogP contribution is 2.34.